The summed E-state index contributed by atoms with van der Waals surface area (Å²) in [5.41, 5.74) is 7.12. The number of hydrogen-bond donors (Lipinski definition) is 1. The summed E-state index contributed by atoms with van der Waals surface area (Å²) in [5, 5.41) is 11.4. The highest BCUT2D eigenvalue weighted by Crippen LogP contribution is 2.41. The lowest BCUT2D eigenvalue weighted by molar-refractivity contribution is 0.413. The third-order valence-corrected chi connectivity index (χ3v) is 5.59. The van der Waals surface area contributed by atoms with Crippen molar-refractivity contribution in [2.24, 2.45) is 0 Å². The van der Waals surface area contributed by atoms with Gasteiger partial charge in [0.1, 0.15) is 0 Å². The van der Waals surface area contributed by atoms with Gasteiger partial charge in [-0.3, -0.25) is 0 Å². The number of aromatic nitrogens is 2. The summed E-state index contributed by atoms with van der Waals surface area (Å²) in [6.07, 6.45) is 2.73. The average molecular weight is 347 g/mol. The van der Waals surface area contributed by atoms with Crippen molar-refractivity contribution in [1.82, 2.24) is 9.97 Å². The summed E-state index contributed by atoms with van der Waals surface area (Å²) < 4.78 is 6.32. The zero-order valence-electron chi connectivity index (χ0n) is 14.3. The zero-order chi connectivity index (χ0) is 17.6. The smallest absolute Gasteiger partial charge is 0.274 e. The molecule has 124 valence electrons. The van der Waals surface area contributed by atoms with E-state index in [4.69, 9.17) is 4.74 Å². The molecule has 4 rings (SSSR count). The van der Waals surface area contributed by atoms with E-state index in [0.717, 1.165) is 44.2 Å². The van der Waals surface area contributed by atoms with Crippen molar-refractivity contribution in [3.63, 3.8) is 0 Å². The van der Waals surface area contributed by atoms with Crippen LogP contribution in [-0.2, 0) is 6.42 Å². The fourth-order valence-electron chi connectivity index (χ4n) is 3.45. The minimum atomic E-state index is 0.616. The van der Waals surface area contributed by atoms with Gasteiger partial charge in [-0.1, -0.05) is 30.4 Å². The zero-order valence-corrected chi connectivity index (χ0v) is 15.1. The van der Waals surface area contributed by atoms with Crippen molar-refractivity contribution < 1.29 is 4.74 Å². The van der Waals surface area contributed by atoms with Crippen molar-refractivity contribution in [1.29, 1.82) is 5.26 Å². The predicted octanol–water partition coefficient (Wildman–Crippen LogP) is 5.20. The van der Waals surface area contributed by atoms with Crippen molar-refractivity contribution in [3.05, 3.63) is 47.2 Å². The third kappa shape index (κ3) is 2.30. The Balaban J connectivity index is 2.18. The summed E-state index contributed by atoms with van der Waals surface area (Å²) in [4.78, 5) is 8.00. The topological polar surface area (TPSA) is 61.7 Å². The molecule has 2 aromatic heterocycles. The molecule has 0 bridgehead atoms. The molecule has 0 atom stereocenters. The normalized spacial score (nSPS) is 11.1. The predicted molar refractivity (Wildman–Crippen MR) is 102 cm³/mol. The van der Waals surface area contributed by atoms with Crippen LogP contribution in [0.15, 0.2) is 30.5 Å². The molecule has 1 N–H and O–H groups in total. The van der Waals surface area contributed by atoms with Crippen molar-refractivity contribution >= 4 is 32.5 Å². The number of methoxy groups -OCH3 is 1. The number of aromatic amines is 1. The standard InChI is InChI=1S/C20H17N3OS/c1-4-13-12(10-21)9-16-19(23-20(24-3)25-16)17(13)14-6-5-11(2)18-15(14)7-8-22-18/h5-9,22H,4H2,1-3H3. The van der Waals surface area contributed by atoms with Crippen LogP contribution >= 0.6 is 11.3 Å². The van der Waals surface area contributed by atoms with Crippen molar-refractivity contribution in [2.45, 2.75) is 20.3 Å². The molecule has 5 heteroatoms. The Hall–Kier alpha value is -2.84. The van der Waals surface area contributed by atoms with E-state index in [1.54, 1.807) is 7.11 Å². The minimum absolute atomic E-state index is 0.616. The van der Waals surface area contributed by atoms with Gasteiger partial charge in [0.2, 0.25) is 0 Å². The van der Waals surface area contributed by atoms with Crippen LogP contribution in [0.4, 0.5) is 0 Å². The van der Waals surface area contributed by atoms with Gasteiger partial charge in [0, 0.05) is 22.7 Å². The average Bonchev–Trinajstić information content (AvgIpc) is 3.27. The SMILES string of the molecule is CCc1c(C#N)cc2sc(OC)nc2c1-c1ccc(C)c2[nH]ccc12. The number of fused-ring (bicyclic) bond motifs is 2. The number of nitrogens with zero attached hydrogens (tertiary/aromatic N) is 2. The molecular formula is C20H17N3OS. The van der Waals surface area contributed by atoms with Gasteiger partial charge in [-0.05, 0) is 42.2 Å². The first-order valence-electron chi connectivity index (χ1n) is 8.15. The van der Waals surface area contributed by atoms with Crippen LogP contribution in [-0.4, -0.2) is 17.1 Å². The number of benzene rings is 2. The van der Waals surface area contributed by atoms with Crippen LogP contribution in [0.25, 0.3) is 32.2 Å². The van der Waals surface area contributed by atoms with Crippen LogP contribution < -0.4 is 4.74 Å². The first-order valence-corrected chi connectivity index (χ1v) is 8.97. The number of hydrogen-bond acceptors (Lipinski definition) is 4. The molecule has 0 amide bonds. The maximum Gasteiger partial charge on any atom is 0.274 e. The summed E-state index contributed by atoms with van der Waals surface area (Å²) in [5.74, 6) is 0. The van der Waals surface area contributed by atoms with E-state index in [9.17, 15) is 5.26 Å². The van der Waals surface area contributed by atoms with Gasteiger partial charge in [-0.25, -0.2) is 4.98 Å². The van der Waals surface area contributed by atoms with E-state index in [1.807, 2.05) is 12.3 Å². The summed E-state index contributed by atoms with van der Waals surface area (Å²) >= 11 is 1.47. The fourth-order valence-corrected chi connectivity index (χ4v) is 4.28. The van der Waals surface area contributed by atoms with Gasteiger partial charge in [0.25, 0.3) is 5.19 Å². The highest BCUT2D eigenvalue weighted by molar-refractivity contribution is 7.20. The molecule has 4 aromatic rings. The molecule has 25 heavy (non-hydrogen) atoms. The van der Waals surface area contributed by atoms with Crippen LogP contribution in [0.3, 0.4) is 0 Å². The lowest BCUT2D eigenvalue weighted by atomic mass is 9.90. The van der Waals surface area contributed by atoms with Gasteiger partial charge in [-0.2, -0.15) is 5.26 Å². The fraction of sp³-hybridized carbons (Fsp3) is 0.200. The number of aryl methyl sites for hydroxylation is 1. The molecule has 2 heterocycles. The Morgan fingerprint density at radius 3 is 2.88 bits per heavy atom. The molecule has 0 spiro atoms. The molecule has 0 aliphatic heterocycles. The second-order valence-electron chi connectivity index (χ2n) is 5.97. The minimum Gasteiger partial charge on any atom is -0.473 e. The van der Waals surface area contributed by atoms with E-state index < -0.39 is 0 Å². The molecule has 0 radical (unpaired) electrons. The Morgan fingerprint density at radius 2 is 2.16 bits per heavy atom. The van der Waals surface area contributed by atoms with E-state index in [2.05, 4.69) is 48.1 Å². The number of nitrogens with one attached hydrogen (secondary N) is 1. The number of rotatable bonds is 3. The first-order chi connectivity index (χ1) is 12.2. The molecule has 0 aliphatic rings. The first kappa shape index (κ1) is 15.7. The van der Waals surface area contributed by atoms with Crippen LogP contribution in [0, 0.1) is 18.3 Å². The molecule has 0 unspecified atom stereocenters. The number of H-pyrrole nitrogens is 1. The molecule has 0 fully saturated rings. The van der Waals surface area contributed by atoms with Gasteiger partial charge in [0.05, 0.1) is 29.0 Å². The molecule has 4 nitrogen and oxygen atoms in total. The molecule has 0 aliphatic carbocycles. The third-order valence-electron chi connectivity index (χ3n) is 4.62. The van der Waals surface area contributed by atoms with Gasteiger partial charge in [0.15, 0.2) is 0 Å². The van der Waals surface area contributed by atoms with Gasteiger partial charge >= 0.3 is 0 Å². The van der Waals surface area contributed by atoms with Crippen molar-refractivity contribution in [3.8, 4) is 22.4 Å². The molecule has 2 aromatic carbocycles. The lowest BCUT2D eigenvalue weighted by Gasteiger charge is -2.13. The quantitative estimate of drug-likeness (QED) is 0.554. The Bertz CT molecular complexity index is 1150. The highest BCUT2D eigenvalue weighted by Gasteiger charge is 2.20. The monoisotopic (exact) mass is 347 g/mol. The largest absolute Gasteiger partial charge is 0.473 e. The Labute approximate surface area is 149 Å². The number of nitriles is 1. The molecule has 0 saturated carbocycles. The maximum atomic E-state index is 9.66. The second-order valence-corrected chi connectivity index (χ2v) is 6.96. The number of thiazole rings is 1. The van der Waals surface area contributed by atoms with Gasteiger partial charge < -0.3 is 9.72 Å². The number of ether oxygens (including phenoxy) is 1. The van der Waals surface area contributed by atoms with E-state index in [1.165, 1.54) is 16.9 Å². The Kier molecular flexibility index (Phi) is 3.70. The van der Waals surface area contributed by atoms with Crippen molar-refractivity contribution in [2.75, 3.05) is 7.11 Å². The second kappa shape index (κ2) is 5.91. The highest BCUT2D eigenvalue weighted by atomic mass is 32.1. The van der Waals surface area contributed by atoms with E-state index >= 15 is 0 Å². The lowest BCUT2D eigenvalue weighted by Crippen LogP contribution is -1.95. The molecule has 0 saturated heterocycles. The summed E-state index contributed by atoms with van der Waals surface area (Å²) in [6.45, 7) is 4.17. The summed E-state index contributed by atoms with van der Waals surface area (Å²) in [6, 6.07) is 10.6. The van der Waals surface area contributed by atoms with Crippen LogP contribution in [0.1, 0.15) is 23.6 Å². The van der Waals surface area contributed by atoms with Crippen LogP contribution in [0.2, 0.25) is 0 Å². The Morgan fingerprint density at radius 1 is 1.32 bits per heavy atom. The van der Waals surface area contributed by atoms with Crippen LogP contribution in [0.5, 0.6) is 5.19 Å². The van der Waals surface area contributed by atoms with E-state index in [-0.39, 0.29) is 0 Å². The summed E-state index contributed by atoms with van der Waals surface area (Å²) in [7, 11) is 1.62. The maximum absolute atomic E-state index is 9.66. The van der Waals surface area contributed by atoms with Gasteiger partial charge in [-0.15, -0.1) is 0 Å². The molecular weight excluding hydrogens is 330 g/mol. The van der Waals surface area contributed by atoms with E-state index in [0.29, 0.717) is 10.8 Å².